The van der Waals surface area contributed by atoms with Gasteiger partial charge >= 0.3 is 0 Å². The summed E-state index contributed by atoms with van der Waals surface area (Å²) < 4.78 is 15.8. The number of carbonyl (C=O) groups excluding carboxylic acids is 2. The van der Waals surface area contributed by atoms with Crippen LogP contribution in [-0.2, 0) is 14.3 Å². The number of hydrogen-bond donors (Lipinski definition) is 3. The van der Waals surface area contributed by atoms with Gasteiger partial charge in [-0.2, -0.15) is 0 Å². The lowest BCUT2D eigenvalue weighted by Gasteiger charge is -2.29. The number of methoxy groups -OCH3 is 3. The predicted molar refractivity (Wildman–Crippen MR) is 128 cm³/mol. The molecular formula is C24H27N5O5. The molecule has 1 aromatic heterocycles. The number of aromatic nitrogens is 2. The molecule has 3 aromatic rings. The average Bonchev–Trinajstić information content (AvgIpc) is 3.40. The van der Waals surface area contributed by atoms with Gasteiger partial charge in [0.2, 0.25) is 5.91 Å². The predicted octanol–water partition coefficient (Wildman–Crippen LogP) is 1.69. The molecule has 0 radical (unpaired) electrons. The van der Waals surface area contributed by atoms with Crippen LogP contribution in [0.5, 0.6) is 11.5 Å². The third-order valence-electron chi connectivity index (χ3n) is 5.58. The molecule has 34 heavy (non-hydrogen) atoms. The van der Waals surface area contributed by atoms with Gasteiger partial charge in [0.25, 0.3) is 0 Å². The van der Waals surface area contributed by atoms with Crippen molar-refractivity contribution in [3.8, 4) is 11.5 Å². The fourth-order valence-corrected chi connectivity index (χ4v) is 4.04. The Morgan fingerprint density at radius 2 is 1.82 bits per heavy atom. The summed E-state index contributed by atoms with van der Waals surface area (Å²) in [4.78, 5) is 35.6. The fourth-order valence-electron chi connectivity index (χ4n) is 4.04. The van der Waals surface area contributed by atoms with Crippen molar-refractivity contribution in [2.24, 2.45) is 0 Å². The maximum atomic E-state index is 13.8. The molecule has 0 bridgehead atoms. The van der Waals surface area contributed by atoms with Gasteiger partial charge in [-0.25, -0.2) is 4.98 Å². The number of fused-ring (bicyclic) bond motifs is 1. The van der Waals surface area contributed by atoms with E-state index in [-0.39, 0.29) is 24.8 Å². The van der Waals surface area contributed by atoms with Crippen LogP contribution in [0.4, 0.5) is 5.69 Å². The molecule has 0 aliphatic carbocycles. The van der Waals surface area contributed by atoms with Crippen LogP contribution in [-0.4, -0.2) is 69.2 Å². The number of carbonyl (C=O) groups is 2. The average molecular weight is 466 g/mol. The highest BCUT2D eigenvalue weighted by molar-refractivity contribution is 6.28. The minimum atomic E-state index is -0.733. The largest absolute Gasteiger partial charge is 0.497 e. The first-order valence-electron chi connectivity index (χ1n) is 10.7. The van der Waals surface area contributed by atoms with E-state index in [1.807, 2.05) is 29.2 Å². The molecule has 1 atom stereocenters. The third-order valence-corrected chi connectivity index (χ3v) is 5.58. The van der Waals surface area contributed by atoms with Gasteiger partial charge in [-0.1, -0.05) is 12.1 Å². The van der Waals surface area contributed by atoms with E-state index in [9.17, 15) is 9.59 Å². The van der Waals surface area contributed by atoms with Gasteiger partial charge in [-0.05, 0) is 12.1 Å². The van der Waals surface area contributed by atoms with Crippen LogP contribution in [0.25, 0.3) is 16.6 Å². The van der Waals surface area contributed by atoms with Crippen molar-refractivity contribution in [3.05, 3.63) is 54.1 Å². The van der Waals surface area contributed by atoms with Gasteiger partial charge in [0.05, 0.1) is 30.9 Å². The second-order valence-corrected chi connectivity index (χ2v) is 7.63. The quantitative estimate of drug-likeness (QED) is 0.437. The number of nitrogens with zero attached hydrogens (tertiary/aromatic N) is 2. The summed E-state index contributed by atoms with van der Waals surface area (Å²) >= 11 is 0. The fraction of sp³-hybridized carbons (Fsp3) is 0.292. The van der Waals surface area contributed by atoms with Gasteiger partial charge in [0.15, 0.2) is 5.78 Å². The van der Waals surface area contributed by atoms with Gasteiger partial charge in [0, 0.05) is 38.9 Å². The van der Waals surface area contributed by atoms with Crippen molar-refractivity contribution < 1.29 is 23.8 Å². The second-order valence-electron chi connectivity index (χ2n) is 7.63. The van der Waals surface area contributed by atoms with Crippen molar-refractivity contribution in [1.29, 1.82) is 0 Å². The number of para-hydroxylation sites is 2. The molecule has 2 heterocycles. The SMILES string of the molecule is CNC1=C(c2nc3ccccc3[nH]2)C(=O)[C@@H](CNC(=O)COC)N1c1cc(OC)cc(OC)c1. The molecule has 178 valence electrons. The van der Waals surface area contributed by atoms with Crippen LogP contribution in [0.2, 0.25) is 0 Å². The van der Waals surface area contributed by atoms with Crippen molar-refractivity contribution in [3.63, 3.8) is 0 Å². The van der Waals surface area contributed by atoms with Gasteiger partial charge in [-0.3, -0.25) is 9.59 Å². The van der Waals surface area contributed by atoms with Crippen LogP contribution >= 0.6 is 0 Å². The molecule has 1 aliphatic heterocycles. The lowest BCUT2D eigenvalue weighted by molar-refractivity contribution is -0.124. The summed E-state index contributed by atoms with van der Waals surface area (Å²) in [5.41, 5.74) is 2.62. The first-order chi connectivity index (χ1) is 16.5. The van der Waals surface area contributed by atoms with E-state index in [2.05, 4.69) is 20.6 Å². The van der Waals surface area contributed by atoms with E-state index in [1.165, 1.54) is 7.11 Å². The number of benzene rings is 2. The zero-order valence-corrected chi connectivity index (χ0v) is 19.5. The number of nitrogens with one attached hydrogen (secondary N) is 3. The lowest BCUT2D eigenvalue weighted by Crippen LogP contribution is -2.46. The highest BCUT2D eigenvalue weighted by Gasteiger charge is 2.42. The number of ketones is 1. The Morgan fingerprint density at radius 1 is 1.12 bits per heavy atom. The van der Waals surface area contributed by atoms with Crippen molar-refractivity contribution >= 4 is 34.0 Å². The standard InChI is InChI=1S/C24H27N5O5/c1-25-24-21(23-27-17-7-5-6-8-18(17)28-23)22(31)19(12-26-20(30)13-32-2)29(24)14-9-15(33-3)11-16(10-14)34-4/h5-11,19,25H,12-13H2,1-4H3,(H,26,30)(H,27,28)/t19-/m1/s1. The maximum absolute atomic E-state index is 13.8. The summed E-state index contributed by atoms with van der Waals surface area (Å²) in [6.45, 7) is -0.0356. The molecule has 3 N–H and O–H groups in total. The minimum Gasteiger partial charge on any atom is -0.497 e. The maximum Gasteiger partial charge on any atom is 0.246 e. The van der Waals surface area contributed by atoms with E-state index >= 15 is 0 Å². The Morgan fingerprint density at radius 3 is 2.44 bits per heavy atom. The highest BCUT2D eigenvalue weighted by atomic mass is 16.5. The smallest absolute Gasteiger partial charge is 0.246 e. The number of Topliss-reactive ketones (excluding diaryl/α,β-unsaturated/α-hetero) is 1. The van der Waals surface area contributed by atoms with E-state index in [1.54, 1.807) is 39.5 Å². The molecule has 2 aromatic carbocycles. The van der Waals surface area contributed by atoms with E-state index in [4.69, 9.17) is 14.2 Å². The number of hydrogen-bond acceptors (Lipinski definition) is 8. The number of aromatic amines is 1. The van der Waals surface area contributed by atoms with Gasteiger partial charge < -0.3 is 34.7 Å². The van der Waals surface area contributed by atoms with Crippen LogP contribution < -0.4 is 25.0 Å². The monoisotopic (exact) mass is 465 g/mol. The van der Waals surface area contributed by atoms with Crippen LogP contribution in [0.3, 0.4) is 0 Å². The number of anilines is 1. The number of ether oxygens (including phenoxy) is 3. The van der Waals surface area contributed by atoms with Crippen LogP contribution in [0.1, 0.15) is 5.82 Å². The number of H-pyrrole nitrogens is 1. The van der Waals surface area contributed by atoms with E-state index in [0.29, 0.717) is 34.4 Å². The number of amides is 1. The zero-order chi connectivity index (χ0) is 24.2. The summed E-state index contributed by atoms with van der Waals surface area (Å²) in [5.74, 6) is 1.62. The van der Waals surface area contributed by atoms with Crippen molar-refractivity contribution in [2.75, 3.05) is 46.4 Å². The first kappa shape index (κ1) is 23.1. The second kappa shape index (κ2) is 9.84. The Kier molecular flexibility index (Phi) is 6.69. The van der Waals surface area contributed by atoms with E-state index < -0.39 is 6.04 Å². The minimum absolute atomic E-state index is 0.0649. The topological polar surface area (TPSA) is 118 Å². The van der Waals surface area contributed by atoms with Gasteiger partial charge in [-0.15, -0.1) is 0 Å². The number of rotatable bonds is 9. The molecule has 0 saturated heterocycles. The molecule has 0 spiro atoms. The molecule has 0 unspecified atom stereocenters. The summed E-state index contributed by atoms with van der Waals surface area (Å²) in [7, 11) is 6.30. The molecule has 0 saturated carbocycles. The summed E-state index contributed by atoms with van der Waals surface area (Å²) in [6.07, 6.45) is 0. The summed E-state index contributed by atoms with van der Waals surface area (Å²) in [5, 5.41) is 5.94. The molecule has 1 aliphatic rings. The van der Waals surface area contributed by atoms with Crippen molar-refractivity contribution in [2.45, 2.75) is 6.04 Å². The normalized spacial score (nSPS) is 15.7. The molecular weight excluding hydrogens is 438 g/mol. The lowest BCUT2D eigenvalue weighted by atomic mass is 10.1. The molecule has 10 nitrogen and oxygen atoms in total. The van der Waals surface area contributed by atoms with Gasteiger partial charge in [0.1, 0.15) is 41.4 Å². The van der Waals surface area contributed by atoms with Crippen molar-refractivity contribution in [1.82, 2.24) is 20.6 Å². The Bertz CT molecular complexity index is 1200. The molecule has 0 fully saturated rings. The highest BCUT2D eigenvalue weighted by Crippen LogP contribution is 2.38. The molecule has 1 amide bonds. The molecule has 4 rings (SSSR count). The Balaban J connectivity index is 1.83. The Labute approximate surface area is 196 Å². The third kappa shape index (κ3) is 4.27. The zero-order valence-electron chi connectivity index (χ0n) is 19.5. The van der Waals surface area contributed by atoms with E-state index in [0.717, 1.165) is 11.0 Å². The summed E-state index contributed by atoms with van der Waals surface area (Å²) in [6, 6.07) is 12.2. The van der Waals surface area contributed by atoms with Crippen LogP contribution in [0, 0.1) is 0 Å². The molecule has 10 heteroatoms. The first-order valence-corrected chi connectivity index (χ1v) is 10.7. The Hall–Kier alpha value is -4.05. The number of imidazole rings is 1. The van der Waals surface area contributed by atoms with Crippen LogP contribution in [0.15, 0.2) is 48.3 Å².